The Kier molecular flexibility index (Phi) is 6.20. The lowest BCUT2D eigenvalue weighted by molar-refractivity contribution is 0.0955. The number of methoxy groups -OCH3 is 1. The van der Waals surface area contributed by atoms with Crippen molar-refractivity contribution in [2.75, 3.05) is 7.11 Å². The van der Waals surface area contributed by atoms with E-state index in [0.29, 0.717) is 23.7 Å². The fraction of sp³-hybridized carbons (Fsp3) is 0.0909. The molecule has 0 aromatic heterocycles. The van der Waals surface area contributed by atoms with E-state index in [1.165, 1.54) is 0 Å². The van der Waals surface area contributed by atoms with Crippen molar-refractivity contribution in [1.29, 1.82) is 0 Å². The van der Waals surface area contributed by atoms with Crippen LogP contribution in [0.25, 0.3) is 0 Å². The lowest BCUT2D eigenvalue weighted by Gasteiger charge is -2.09. The van der Waals surface area contributed by atoms with Gasteiger partial charge in [-0.25, -0.2) is 5.43 Å². The number of benzene rings is 3. The number of nitrogens with one attached hydrogen (secondary N) is 1. The first kappa shape index (κ1) is 18.2. The van der Waals surface area contributed by atoms with Gasteiger partial charge in [-0.05, 0) is 42.0 Å². The van der Waals surface area contributed by atoms with Gasteiger partial charge in [0.05, 0.1) is 13.3 Å². The number of ether oxygens (including phenoxy) is 2. The standard InChI is InChI=1S/C22H20N2O3/c1-26-20-13-11-18(12-14-20)22(25)24-23-15-19-9-5-6-10-21(19)27-16-17-7-3-2-4-8-17/h2-15H,16H2,1H3,(H,24,25)/b23-15-. The van der Waals surface area contributed by atoms with E-state index in [4.69, 9.17) is 9.47 Å². The van der Waals surface area contributed by atoms with Crippen LogP contribution in [0.1, 0.15) is 21.5 Å². The van der Waals surface area contributed by atoms with Crippen molar-refractivity contribution in [3.8, 4) is 11.5 Å². The van der Waals surface area contributed by atoms with E-state index in [1.54, 1.807) is 37.6 Å². The number of carbonyl (C=O) groups is 1. The van der Waals surface area contributed by atoms with Gasteiger partial charge in [-0.3, -0.25) is 4.79 Å². The monoisotopic (exact) mass is 360 g/mol. The fourth-order valence-electron chi connectivity index (χ4n) is 2.42. The first-order valence-corrected chi connectivity index (χ1v) is 8.49. The second kappa shape index (κ2) is 9.20. The minimum atomic E-state index is -0.295. The summed E-state index contributed by atoms with van der Waals surface area (Å²) in [5.74, 6) is 1.10. The molecule has 0 spiro atoms. The number of rotatable bonds is 7. The average molecular weight is 360 g/mol. The van der Waals surface area contributed by atoms with Crippen molar-refractivity contribution in [2.24, 2.45) is 5.10 Å². The average Bonchev–Trinajstić information content (AvgIpc) is 2.74. The minimum Gasteiger partial charge on any atom is -0.497 e. The molecular formula is C22H20N2O3. The predicted octanol–water partition coefficient (Wildman–Crippen LogP) is 4.04. The van der Waals surface area contributed by atoms with Gasteiger partial charge >= 0.3 is 0 Å². The number of carbonyl (C=O) groups excluding carboxylic acids is 1. The van der Waals surface area contributed by atoms with Crippen LogP contribution in [0.4, 0.5) is 0 Å². The zero-order valence-electron chi connectivity index (χ0n) is 15.0. The van der Waals surface area contributed by atoms with E-state index in [0.717, 1.165) is 11.1 Å². The largest absolute Gasteiger partial charge is 0.497 e. The number of amides is 1. The van der Waals surface area contributed by atoms with E-state index >= 15 is 0 Å². The van der Waals surface area contributed by atoms with E-state index in [9.17, 15) is 4.79 Å². The molecule has 0 radical (unpaired) electrons. The molecule has 3 aromatic rings. The first-order chi connectivity index (χ1) is 13.3. The molecule has 0 unspecified atom stereocenters. The van der Waals surface area contributed by atoms with Crippen LogP contribution in [-0.4, -0.2) is 19.2 Å². The highest BCUT2D eigenvalue weighted by molar-refractivity contribution is 5.95. The highest BCUT2D eigenvalue weighted by Gasteiger charge is 2.05. The Morgan fingerprint density at radius 1 is 0.963 bits per heavy atom. The molecule has 1 amide bonds. The summed E-state index contributed by atoms with van der Waals surface area (Å²) in [5.41, 5.74) is 4.88. The van der Waals surface area contributed by atoms with Crippen molar-refractivity contribution >= 4 is 12.1 Å². The summed E-state index contributed by atoms with van der Waals surface area (Å²) in [6.07, 6.45) is 1.57. The van der Waals surface area contributed by atoms with E-state index in [2.05, 4.69) is 10.5 Å². The zero-order chi connectivity index (χ0) is 18.9. The lowest BCUT2D eigenvalue weighted by Crippen LogP contribution is -2.17. The van der Waals surface area contributed by atoms with Crippen molar-refractivity contribution in [3.05, 3.63) is 95.6 Å². The summed E-state index contributed by atoms with van der Waals surface area (Å²) in [6.45, 7) is 0.462. The van der Waals surface area contributed by atoms with Crippen molar-refractivity contribution < 1.29 is 14.3 Å². The molecule has 136 valence electrons. The van der Waals surface area contributed by atoms with Gasteiger partial charge in [-0.15, -0.1) is 0 Å². The normalized spacial score (nSPS) is 10.6. The highest BCUT2D eigenvalue weighted by atomic mass is 16.5. The third kappa shape index (κ3) is 5.19. The SMILES string of the molecule is COc1ccc(C(=O)N/N=C\c2ccccc2OCc2ccccc2)cc1. The van der Waals surface area contributed by atoms with Gasteiger partial charge in [0.15, 0.2) is 0 Å². The van der Waals surface area contributed by atoms with Gasteiger partial charge in [0.25, 0.3) is 5.91 Å². The van der Waals surface area contributed by atoms with Crippen molar-refractivity contribution in [1.82, 2.24) is 5.43 Å². The molecule has 0 bridgehead atoms. The molecular weight excluding hydrogens is 340 g/mol. The molecule has 0 saturated carbocycles. The Labute approximate surface area is 158 Å². The van der Waals surface area contributed by atoms with Crippen LogP contribution in [0.5, 0.6) is 11.5 Å². The van der Waals surface area contributed by atoms with E-state index < -0.39 is 0 Å². The minimum absolute atomic E-state index is 0.295. The predicted molar refractivity (Wildman–Crippen MR) is 105 cm³/mol. The van der Waals surface area contributed by atoms with Crippen LogP contribution < -0.4 is 14.9 Å². The Balaban J connectivity index is 1.62. The molecule has 3 rings (SSSR count). The number of para-hydroxylation sites is 1. The fourth-order valence-corrected chi connectivity index (χ4v) is 2.42. The number of hydrogen-bond acceptors (Lipinski definition) is 4. The molecule has 0 aliphatic heterocycles. The Bertz CT molecular complexity index is 906. The van der Waals surface area contributed by atoms with Crippen LogP contribution in [0.15, 0.2) is 84.0 Å². The topological polar surface area (TPSA) is 59.9 Å². The van der Waals surface area contributed by atoms with Gasteiger partial charge in [0.2, 0.25) is 0 Å². The number of nitrogens with zero attached hydrogens (tertiary/aromatic N) is 1. The summed E-state index contributed by atoms with van der Waals surface area (Å²) >= 11 is 0. The smallest absolute Gasteiger partial charge is 0.271 e. The second-order valence-corrected chi connectivity index (χ2v) is 5.74. The van der Waals surface area contributed by atoms with Gasteiger partial charge in [-0.2, -0.15) is 5.10 Å². The third-order valence-corrected chi connectivity index (χ3v) is 3.88. The summed E-state index contributed by atoms with van der Waals surface area (Å²) in [7, 11) is 1.58. The maximum absolute atomic E-state index is 12.1. The highest BCUT2D eigenvalue weighted by Crippen LogP contribution is 2.17. The number of hydrazone groups is 1. The summed E-state index contributed by atoms with van der Waals surface area (Å²) in [4.78, 5) is 12.1. The van der Waals surface area contributed by atoms with Crippen LogP contribution in [-0.2, 0) is 6.61 Å². The third-order valence-electron chi connectivity index (χ3n) is 3.88. The van der Waals surface area contributed by atoms with Crippen LogP contribution >= 0.6 is 0 Å². The molecule has 0 aliphatic carbocycles. The van der Waals surface area contributed by atoms with Gasteiger partial charge in [0, 0.05) is 11.1 Å². The number of hydrogen-bond donors (Lipinski definition) is 1. The van der Waals surface area contributed by atoms with Crippen LogP contribution in [0.2, 0.25) is 0 Å². The molecule has 5 heteroatoms. The lowest BCUT2D eigenvalue weighted by atomic mass is 10.2. The zero-order valence-corrected chi connectivity index (χ0v) is 15.0. The maximum Gasteiger partial charge on any atom is 0.271 e. The Morgan fingerprint density at radius 3 is 2.41 bits per heavy atom. The Hall–Kier alpha value is -3.60. The van der Waals surface area contributed by atoms with Crippen LogP contribution in [0.3, 0.4) is 0 Å². The Morgan fingerprint density at radius 2 is 1.67 bits per heavy atom. The van der Waals surface area contributed by atoms with Crippen molar-refractivity contribution in [2.45, 2.75) is 6.61 Å². The second-order valence-electron chi connectivity index (χ2n) is 5.74. The first-order valence-electron chi connectivity index (χ1n) is 8.49. The van der Waals surface area contributed by atoms with E-state index in [-0.39, 0.29) is 5.91 Å². The molecule has 1 N–H and O–H groups in total. The molecule has 0 aliphatic rings. The summed E-state index contributed by atoms with van der Waals surface area (Å²) in [5, 5.41) is 4.04. The molecule has 0 heterocycles. The molecule has 27 heavy (non-hydrogen) atoms. The molecule has 3 aromatic carbocycles. The maximum atomic E-state index is 12.1. The molecule has 0 saturated heterocycles. The van der Waals surface area contributed by atoms with E-state index in [1.807, 2.05) is 54.6 Å². The quantitative estimate of drug-likeness (QED) is 0.511. The molecule has 5 nitrogen and oxygen atoms in total. The van der Waals surface area contributed by atoms with Crippen molar-refractivity contribution in [3.63, 3.8) is 0 Å². The van der Waals surface area contributed by atoms with Gasteiger partial charge < -0.3 is 9.47 Å². The van der Waals surface area contributed by atoms with Gasteiger partial charge in [0.1, 0.15) is 18.1 Å². The summed E-state index contributed by atoms with van der Waals surface area (Å²) in [6, 6.07) is 24.3. The molecule has 0 atom stereocenters. The molecule has 0 fully saturated rings. The van der Waals surface area contributed by atoms with Gasteiger partial charge in [-0.1, -0.05) is 42.5 Å². The van der Waals surface area contributed by atoms with Crippen LogP contribution in [0, 0.1) is 0 Å². The summed E-state index contributed by atoms with van der Waals surface area (Å²) < 4.78 is 11.0.